The van der Waals surface area contributed by atoms with Crippen molar-refractivity contribution in [2.24, 2.45) is 5.92 Å². The molecule has 0 aromatic heterocycles. The number of aryl methyl sites for hydroxylation is 1. The van der Waals surface area contributed by atoms with Crippen molar-refractivity contribution in [1.29, 1.82) is 0 Å². The van der Waals surface area contributed by atoms with Gasteiger partial charge in [-0.1, -0.05) is 19.9 Å². The molecule has 2 N–H and O–H groups in total. The van der Waals surface area contributed by atoms with Gasteiger partial charge < -0.3 is 10.2 Å². The number of likely N-dealkylation sites (tertiary alicyclic amines) is 1. The Morgan fingerprint density at radius 2 is 1.88 bits per heavy atom. The van der Waals surface area contributed by atoms with Gasteiger partial charge in [0.15, 0.2) is 0 Å². The summed E-state index contributed by atoms with van der Waals surface area (Å²) < 4.78 is 26.9. The minimum atomic E-state index is -3.56. The van der Waals surface area contributed by atoms with Crippen molar-refractivity contribution < 1.29 is 13.2 Å². The van der Waals surface area contributed by atoms with Crippen LogP contribution in [0.5, 0.6) is 0 Å². The van der Waals surface area contributed by atoms with E-state index in [4.69, 9.17) is 0 Å². The topological polar surface area (TPSA) is 78.5 Å². The van der Waals surface area contributed by atoms with Crippen molar-refractivity contribution >= 4 is 15.9 Å². The summed E-state index contributed by atoms with van der Waals surface area (Å²) in [5.41, 5.74) is 1.28. The minimum Gasteiger partial charge on any atom is -0.339 e. The number of amides is 1. The zero-order valence-electron chi connectivity index (χ0n) is 15.3. The van der Waals surface area contributed by atoms with Crippen molar-refractivity contribution in [1.82, 2.24) is 14.9 Å². The number of carbonyl (C=O) groups excluding carboxylic acids is 1. The number of sulfonamides is 1. The first-order valence-electron chi connectivity index (χ1n) is 8.99. The molecule has 0 spiro atoms. The fourth-order valence-corrected chi connectivity index (χ4v) is 4.20. The minimum absolute atomic E-state index is 0.0760. The van der Waals surface area contributed by atoms with Crippen molar-refractivity contribution in [3.05, 3.63) is 29.3 Å². The lowest BCUT2D eigenvalue weighted by atomic mass is 9.96. The molecule has 0 aliphatic carbocycles. The van der Waals surface area contributed by atoms with Crippen LogP contribution in [0.25, 0.3) is 0 Å². The van der Waals surface area contributed by atoms with Gasteiger partial charge in [0.1, 0.15) is 0 Å². The van der Waals surface area contributed by atoms with E-state index < -0.39 is 10.0 Å². The van der Waals surface area contributed by atoms with Crippen LogP contribution in [0.4, 0.5) is 0 Å². The Bertz CT molecular complexity index is 696. The number of nitrogens with zero attached hydrogens (tertiary/aromatic N) is 1. The molecule has 2 rings (SSSR count). The van der Waals surface area contributed by atoms with Gasteiger partial charge in [-0.3, -0.25) is 4.79 Å². The fraction of sp³-hybridized carbons (Fsp3) is 0.611. The quantitative estimate of drug-likeness (QED) is 0.770. The molecule has 1 aliphatic rings. The summed E-state index contributed by atoms with van der Waals surface area (Å²) in [4.78, 5) is 14.9. The summed E-state index contributed by atoms with van der Waals surface area (Å²) in [6, 6.07) is 4.75. The van der Waals surface area contributed by atoms with E-state index >= 15 is 0 Å². The average molecular weight is 368 g/mol. The Balaban J connectivity index is 2.12. The Hall–Kier alpha value is -1.44. The monoisotopic (exact) mass is 367 g/mol. The SMILES string of the molecule is CCNCC1CCN(C(=O)c2cc(S(=O)(=O)NCC)ccc2C)CC1. The van der Waals surface area contributed by atoms with Crippen molar-refractivity contribution in [2.45, 2.75) is 38.5 Å². The Morgan fingerprint density at radius 1 is 1.20 bits per heavy atom. The summed E-state index contributed by atoms with van der Waals surface area (Å²) in [5.74, 6) is 0.526. The molecule has 1 amide bonds. The molecule has 0 saturated carbocycles. The standard InChI is InChI=1S/C18H29N3O3S/c1-4-19-13-15-8-10-21(11-9-15)18(22)17-12-16(7-6-14(17)3)25(23,24)20-5-2/h6-7,12,15,19-20H,4-5,8-11,13H2,1-3H3. The molecule has 6 nitrogen and oxygen atoms in total. The van der Waals surface area contributed by atoms with E-state index in [2.05, 4.69) is 17.0 Å². The lowest BCUT2D eigenvalue weighted by Crippen LogP contribution is -2.41. The molecule has 140 valence electrons. The van der Waals surface area contributed by atoms with E-state index in [1.165, 1.54) is 6.07 Å². The van der Waals surface area contributed by atoms with Gasteiger partial charge in [-0.25, -0.2) is 13.1 Å². The van der Waals surface area contributed by atoms with Gasteiger partial charge in [-0.05, 0) is 56.5 Å². The van der Waals surface area contributed by atoms with E-state index in [1.54, 1.807) is 19.1 Å². The molecule has 1 saturated heterocycles. The first-order valence-corrected chi connectivity index (χ1v) is 10.5. The van der Waals surface area contributed by atoms with Crippen molar-refractivity contribution in [2.75, 3.05) is 32.7 Å². The van der Waals surface area contributed by atoms with Crippen molar-refractivity contribution in [3.63, 3.8) is 0 Å². The highest BCUT2D eigenvalue weighted by Crippen LogP contribution is 2.22. The molecule has 1 aromatic rings. The van der Waals surface area contributed by atoms with Gasteiger partial charge in [-0.15, -0.1) is 0 Å². The van der Waals surface area contributed by atoms with E-state index in [9.17, 15) is 13.2 Å². The molecular weight excluding hydrogens is 338 g/mol. The van der Waals surface area contributed by atoms with Crippen LogP contribution < -0.4 is 10.0 Å². The van der Waals surface area contributed by atoms with Gasteiger partial charge in [0, 0.05) is 25.2 Å². The van der Waals surface area contributed by atoms with Crippen LogP contribution in [-0.4, -0.2) is 51.9 Å². The summed E-state index contributed by atoms with van der Waals surface area (Å²) in [7, 11) is -3.56. The summed E-state index contributed by atoms with van der Waals surface area (Å²) in [6.45, 7) is 9.38. The van der Waals surface area contributed by atoms with E-state index in [0.717, 1.165) is 44.6 Å². The van der Waals surface area contributed by atoms with E-state index in [1.807, 2.05) is 11.8 Å². The Morgan fingerprint density at radius 3 is 2.48 bits per heavy atom. The molecule has 1 heterocycles. The molecule has 1 aromatic carbocycles. The van der Waals surface area contributed by atoms with Gasteiger partial charge in [0.25, 0.3) is 5.91 Å². The second-order valence-corrected chi connectivity index (χ2v) is 8.29. The fourth-order valence-electron chi connectivity index (χ4n) is 3.13. The lowest BCUT2D eigenvalue weighted by molar-refractivity contribution is 0.0689. The molecule has 1 aliphatic heterocycles. The Kier molecular flexibility index (Phi) is 6.98. The van der Waals surface area contributed by atoms with Gasteiger partial charge in [0.05, 0.1) is 4.90 Å². The molecular formula is C18H29N3O3S. The highest BCUT2D eigenvalue weighted by Gasteiger charge is 2.25. The highest BCUT2D eigenvalue weighted by atomic mass is 32.2. The largest absolute Gasteiger partial charge is 0.339 e. The molecule has 1 fully saturated rings. The maximum Gasteiger partial charge on any atom is 0.254 e. The summed E-state index contributed by atoms with van der Waals surface area (Å²) in [6.07, 6.45) is 1.96. The van der Waals surface area contributed by atoms with Crippen LogP contribution in [0, 0.1) is 12.8 Å². The van der Waals surface area contributed by atoms with Gasteiger partial charge >= 0.3 is 0 Å². The second kappa shape index (κ2) is 8.78. The van der Waals surface area contributed by atoms with E-state index in [-0.39, 0.29) is 10.8 Å². The zero-order valence-corrected chi connectivity index (χ0v) is 16.2. The number of piperidine rings is 1. The number of hydrogen-bond donors (Lipinski definition) is 2. The van der Waals surface area contributed by atoms with Crippen LogP contribution in [0.1, 0.15) is 42.6 Å². The van der Waals surface area contributed by atoms with Crippen LogP contribution in [-0.2, 0) is 10.0 Å². The molecule has 0 atom stereocenters. The number of hydrogen-bond acceptors (Lipinski definition) is 4. The smallest absolute Gasteiger partial charge is 0.254 e. The zero-order chi connectivity index (χ0) is 18.4. The number of rotatable bonds is 7. The van der Waals surface area contributed by atoms with Crippen LogP contribution >= 0.6 is 0 Å². The summed E-state index contributed by atoms with van der Waals surface area (Å²) in [5, 5.41) is 3.36. The first kappa shape index (κ1) is 19.9. The highest BCUT2D eigenvalue weighted by molar-refractivity contribution is 7.89. The lowest BCUT2D eigenvalue weighted by Gasteiger charge is -2.32. The predicted molar refractivity (Wildman–Crippen MR) is 99.2 cm³/mol. The molecule has 0 bridgehead atoms. The van der Waals surface area contributed by atoms with Gasteiger partial charge in [-0.2, -0.15) is 0 Å². The molecule has 0 radical (unpaired) electrons. The second-order valence-electron chi connectivity index (χ2n) is 6.52. The third-order valence-corrected chi connectivity index (χ3v) is 6.21. The third kappa shape index (κ3) is 5.03. The maximum absolute atomic E-state index is 12.9. The molecule has 7 heteroatoms. The number of carbonyl (C=O) groups is 1. The third-order valence-electron chi connectivity index (χ3n) is 4.67. The van der Waals surface area contributed by atoms with Crippen LogP contribution in [0.15, 0.2) is 23.1 Å². The molecule has 25 heavy (non-hydrogen) atoms. The maximum atomic E-state index is 12.9. The predicted octanol–water partition coefficient (Wildman–Crippen LogP) is 1.75. The first-order chi connectivity index (χ1) is 11.9. The average Bonchev–Trinajstić information content (AvgIpc) is 2.60. The summed E-state index contributed by atoms with van der Waals surface area (Å²) >= 11 is 0. The van der Waals surface area contributed by atoms with Crippen LogP contribution in [0.3, 0.4) is 0 Å². The van der Waals surface area contributed by atoms with Gasteiger partial charge in [0.2, 0.25) is 10.0 Å². The van der Waals surface area contributed by atoms with E-state index in [0.29, 0.717) is 18.0 Å². The Labute approximate surface area is 151 Å². The number of benzene rings is 1. The van der Waals surface area contributed by atoms with Crippen LogP contribution in [0.2, 0.25) is 0 Å². The number of nitrogens with one attached hydrogen (secondary N) is 2. The van der Waals surface area contributed by atoms with Crippen molar-refractivity contribution in [3.8, 4) is 0 Å². The molecule has 0 unspecified atom stereocenters. The normalized spacial score (nSPS) is 16.2.